The Morgan fingerprint density at radius 3 is 2.94 bits per heavy atom. The fourth-order valence-corrected chi connectivity index (χ4v) is 2.12. The molecule has 1 atom stereocenters. The van der Waals surface area contributed by atoms with Crippen LogP contribution in [0.2, 0.25) is 0 Å². The summed E-state index contributed by atoms with van der Waals surface area (Å²) in [6.45, 7) is 2.24. The van der Waals surface area contributed by atoms with E-state index < -0.39 is 0 Å². The Labute approximate surface area is 107 Å². The standard InChI is InChI=1S/C13H11BrN2O/c1-9(7-15)8-16-5-4-10-6-11(14)2-3-12(10)13(16)17/h2-6,9H,8H2,1H3. The molecule has 1 aromatic carbocycles. The van der Waals surface area contributed by atoms with Crippen LogP contribution < -0.4 is 5.56 Å². The fraction of sp³-hybridized carbons (Fsp3) is 0.231. The Morgan fingerprint density at radius 2 is 2.24 bits per heavy atom. The summed E-state index contributed by atoms with van der Waals surface area (Å²) in [5, 5.41) is 10.4. The zero-order valence-corrected chi connectivity index (χ0v) is 10.9. The third-order valence-corrected chi connectivity index (χ3v) is 3.12. The van der Waals surface area contributed by atoms with Crippen LogP contribution in [0, 0.1) is 17.2 Å². The minimum atomic E-state index is -0.166. The Morgan fingerprint density at radius 1 is 1.47 bits per heavy atom. The van der Waals surface area contributed by atoms with Gasteiger partial charge in [0.1, 0.15) is 0 Å². The summed E-state index contributed by atoms with van der Waals surface area (Å²) in [5.41, 5.74) is -0.0444. The molecule has 2 aromatic rings. The van der Waals surface area contributed by atoms with Gasteiger partial charge in [0.25, 0.3) is 5.56 Å². The molecule has 0 aliphatic rings. The van der Waals surface area contributed by atoms with Crippen LogP contribution in [0.25, 0.3) is 10.8 Å². The zero-order valence-electron chi connectivity index (χ0n) is 9.35. The van der Waals surface area contributed by atoms with Gasteiger partial charge in [-0.05, 0) is 36.6 Å². The molecule has 1 unspecified atom stereocenters. The Hall–Kier alpha value is -1.60. The molecule has 0 N–H and O–H groups in total. The van der Waals surface area contributed by atoms with Crippen LogP contribution in [0.1, 0.15) is 6.92 Å². The number of aromatic nitrogens is 1. The molecule has 3 nitrogen and oxygen atoms in total. The molecule has 1 aromatic heterocycles. The first kappa shape index (κ1) is 11.9. The number of rotatable bonds is 2. The summed E-state index contributed by atoms with van der Waals surface area (Å²) >= 11 is 3.38. The van der Waals surface area contributed by atoms with Crippen molar-refractivity contribution >= 4 is 26.7 Å². The molecule has 0 aliphatic carbocycles. The Bertz CT molecular complexity index is 654. The second-order valence-corrected chi connectivity index (χ2v) is 4.95. The van der Waals surface area contributed by atoms with Crippen molar-refractivity contribution in [1.82, 2.24) is 4.57 Å². The van der Waals surface area contributed by atoms with Crippen molar-refractivity contribution in [2.24, 2.45) is 5.92 Å². The minimum Gasteiger partial charge on any atom is -0.314 e. The van der Waals surface area contributed by atoms with E-state index in [0.29, 0.717) is 11.9 Å². The lowest BCUT2D eigenvalue weighted by Gasteiger charge is -2.08. The molecular formula is C13H11BrN2O. The van der Waals surface area contributed by atoms with E-state index >= 15 is 0 Å². The summed E-state index contributed by atoms with van der Waals surface area (Å²) in [6, 6.07) is 9.59. The molecule has 86 valence electrons. The van der Waals surface area contributed by atoms with Crippen LogP contribution in [0.3, 0.4) is 0 Å². The van der Waals surface area contributed by atoms with E-state index in [-0.39, 0.29) is 11.5 Å². The zero-order chi connectivity index (χ0) is 12.4. The summed E-state index contributed by atoms with van der Waals surface area (Å²) in [6.07, 6.45) is 1.74. The van der Waals surface area contributed by atoms with Crippen LogP contribution in [-0.4, -0.2) is 4.57 Å². The van der Waals surface area contributed by atoms with Crippen molar-refractivity contribution in [2.75, 3.05) is 0 Å². The maximum atomic E-state index is 12.1. The van der Waals surface area contributed by atoms with Crippen molar-refractivity contribution in [3.05, 3.63) is 45.3 Å². The molecule has 2 rings (SSSR count). The van der Waals surface area contributed by atoms with Crippen molar-refractivity contribution in [3.63, 3.8) is 0 Å². The third kappa shape index (κ3) is 2.40. The molecule has 0 saturated carbocycles. The first-order chi connectivity index (χ1) is 8.11. The fourth-order valence-electron chi connectivity index (χ4n) is 1.74. The minimum absolute atomic E-state index is 0.0444. The van der Waals surface area contributed by atoms with Gasteiger partial charge in [-0.1, -0.05) is 15.9 Å². The highest BCUT2D eigenvalue weighted by atomic mass is 79.9. The number of halogens is 1. The molecule has 17 heavy (non-hydrogen) atoms. The number of hydrogen-bond acceptors (Lipinski definition) is 2. The van der Waals surface area contributed by atoms with Gasteiger partial charge >= 0.3 is 0 Å². The van der Waals surface area contributed by atoms with E-state index in [1.54, 1.807) is 23.8 Å². The molecule has 0 saturated heterocycles. The number of benzene rings is 1. The molecule has 0 radical (unpaired) electrons. The highest BCUT2D eigenvalue weighted by Crippen LogP contribution is 2.16. The van der Waals surface area contributed by atoms with Gasteiger partial charge in [0.15, 0.2) is 0 Å². The van der Waals surface area contributed by atoms with E-state index in [1.165, 1.54) is 0 Å². The number of nitrogens with zero attached hydrogens (tertiary/aromatic N) is 2. The summed E-state index contributed by atoms with van der Waals surface area (Å²) < 4.78 is 2.54. The van der Waals surface area contributed by atoms with Gasteiger partial charge in [0, 0.05) is 22.6 Å². The van der Waals surface area contributed by atoms with E-state index in [4.69, 9.17) is 5.26 Å². The molecular weight excluding hydrogens is 280 g/mol. The summed E-state index contributed by atoms with van der Waals surface area (Å²) in [5.74, 6) is -0.166. The molecule has 1 heterocycles. The van der Waals surface area contributed by atoms with Gasteiger partial charge in [-0.3, -0.25) is 4.79 Å². The average Bonchev–Trinajstić information content (AvgIpc) is 2.32. The van der Waals surface area contributed by atoms with Crippen LogP contribution in [0.4, 0.5) is 0 Å². The highest BCUT2D eigenvalue weighted by molar-refractivity contribution is 9.10. The number of fused-ring (bicyclic) bond motifs is 1. The van der Waals surface area contributed by atoms with Gasteiger partial charge in [0.2, 0.25) is 0 Å². The number of hydrogen-bond donors (Lipinski definition) is 0. The van der Waals surface area contributed by atoms with Crippen molar-refractivity contribution in [3.8, 4) is 6.07 Å². The first-order valence-corrected chi connectivity index (χ1v) is 6.09. The Balaban J connectivity index is 2.55. The van der Waals surface area contributed by atoms with E-state index in [1.807, 2.05) is 18.2 Å². The Kier molecular flexibility index (Phi) is 3.30. The maximum Gasteiger partial charge on any atom is 0.258 e. The lowest BCUT2D eigenvalue weighted by molar-refractivity contribution is 0.567. The summed E-state index contributed by atoms with van der Waals surface area (Å²) in [7, 11) is 0. The lowest BCUT2D eigenvalue weighted by atomic mass is 10.1. The normalized spacial score (nSPS) is 12.3. The predicted octanol–water partition coefficient (Wildman–Crippen LogP) is 2.92. The van der Waals surface area contributed by atoms with Crippen LogP contribution >= 0.6 is 15.9 Å². The second kappa shape index (κ2) is 4.72. The van der Waals surface area contributed by atoms with Crippen molar-refractivity contribution in [1.29, 1.82) is 5.26 Å². The quantitative estimate of drug-likeness (QED) is 0.854. The lowest BCUT2D eigenvalue weighted by Crippen LogP contribution is -2.22. The monoisotopic (exact) mass is 290 g/mol. The molecule has 0 spiro atoms. The van der Waals surface area contributed by atoms with Crippen LogP contribution in [0.15, 0.2) is 39.7 Å². The smallest absolute Gasteiger partial charge is 0.258 e. The predicted molar refractivity (Wildman–Crippen MR) is 70.7 cm³/mol. The SMILES string of the molecule is CC(C#N)Cn1ccc2cc(Br)ccc2c1=O. The van der Waals surface area contributed by atoms with Gasteiger partial charge in [-0.25, -0.2) is 0 Å². The molecule has 0 amide bonds. The topological polar surface area (TPSA) is 45.8 Å². The maximum absolute atomic E-state index is 12.1. The van der Waals surface area contributed by atoms with Crippen molar-refractivity contribution in [2.45, 2.75) is 13.5 Å². The highest BCUT2D eigenvalue weighted by Gasteiger charge is 2.06. The number of pyridine rings is 1. The molecule has 0 fully saturated rings. The van der Waals surface area contributed by atoms with Crippen molar-refractivity contribution < 1.29 is 0 Å². The van der Waals surface area contributed by atoms with Crippen LogP contribution in [0.5, 0.6) is 0 Å². The van der Waals surface area contributed by atoms with Gasteiger partial charge < -0.3 is 4.57 Å². The molecule has 4 heteroatoms. The molecule has 0 aliphatic heterocycles. The largest absolute Gasteiger partial charge is 0.314 e. The first-order valence-electron chi connectivity index (χ1n) is 5.30. The third-order valence-electron chi connectivity index (χ3n) is 2.63. The van der Waals surface area contributed by atoms with E-state index in [2.05, 4.69) is 22.0 Å². The summed E-state index contributed by atoms with van der Waals surface area (Å²) in [4.78, 5) is 12.1. The van der Waals surface area contributed by atoms with Crippen LogP contribution in [-0.2, 0) is 6.54 Å². The van der Waals surface area contributed by atoms with Gasteiger partial charge in [0.05, 0.1) is 12.0 Å². The van der Waals surface area contributed by atoms with E-state index in [9.17, 15) is 4.79 Å². The number of nitriles is 1. The van der Waals surface area contributed by atoms with E-state index in [0.717, 1.165) is 9.86 Å². The second-order valence-electron chi connectivity index (χ2n) is 4.03. The van der Waals surface area contributed by atoms with Gasteiger partial charge in [-0.15, -0.1) is 0 Å². The molecule has 0 bridgehead atoms. The van der Waals surface area contributed by atoms with Gasteiger partial charge in [-0.2, -0.15) is 5.26 Å². The average molecular weight is 291 g/mol.